The van der Waals surface area contributed by atoms with E-state index in [0.29, 0.717) is 5.56 Å². The van der Waals surface area contributed by atoms with Crippen LogP contribution in [0.1, 0.15) is 5.56 Å². The molecule has 0 N–H and O–H groups in total. The quantitative estimate of drug-likeness (QED) is 0.619. The van der Waals surface area contributed by atoms with E-state index in [-0.39, 0.29) is 0 Å². The Morgan fingerprint density at radius 3 is 2.43 bits per heavy atom. The molecular formula is C10H12INOSi. The molecule has 1 rings (SSSR count). The van der Waals surface area contributed by atoms with Crippen molar-refractivity contribution >= 4 is 30.9 Å². The van der Waals surface area contributed by atoms with E-state index in [4.69, 9.17) is 9.69 Å². The minimum Gasteiger partial charge on any atom is -0.544 e. The molecule has 0 saturated heterocycles. The third-order valence-corrected chi connectivity index (χ3v) is 3.15. The Hall–Kier alpha value is -0.543. The minimum absolute atomic E-state index is 0.678. The summed E-state index contributed by atoms with van der Waals surface area (Å²) in [5.41, 5.74) is 0.678. The molecule has 0 aliphatic rings. The summed E-state index contributed by atoms with van der Waals surface area (Å²) in [5, 5.41) is 8.70. The van der Waals surface area contributed by atoms with Gasteiger partial charge in [0.25, 0.3) is 0 Å². The standard InChI is InChI=1S/C10H12INOSi/c1-14(2,3)13-10-5-4-8(7-12)6-9(10)11/h4-6H,1-3H3. The molecule has 1 aromatic carbocycles. The second-order valence-corrected chi connectivity index (χ2v) is 9.56. The van der Waals surface area contributed by atoms with Crippen LogP contribution in [0.5, 0.6) is 5.75 Å². The summed E-state index contributed by atoms with van der Waals surface area (Å²) < 4.78 is 6.86. The molecule has 0 atom stereocenters. The Labute approximate surface area is 99.2 Å². The number of nitrogens with zero attached hydrogens (tertiary/aromatic N) is 1. The van der Waals surface area contributed by atoms with E-state index >= 15 is 0 Å². The highest BCUT2D eigenvalue weighted by atomic mass is 127. The van der Waals surface area contributed by atoms with Crippen molar-refractivity contribution in [3.8, 4) is 11.8 Å². The molecule has 74 valence electrons. The van der Waals surface area contributed by atoms with Crippen LogP contribution in [-0.2, 0) is 0 Å². The number of hydrogen-bond donors (Lipinski definition) is 0. The van der Waals surface area contributed by atoms with Gasteiger partial charge in [-0.25, -0.2) is 0 Å². The third-order valence-electron chi connectivity index (χ3n) is 1.48. The molecule has 0 fully saturated rings. The van der Waals surface area contributed by atoms with Gasteiger partial charge in [-0.15, -0.1) is 0 Å². The average molecular weight is 317 g/mol. The van der Waals surface area contributed by atoms with Gasteiger partial charge in [0.15, 0.2) is 0 Å². The summed E-state index contributed by atoms with van der Waals surface area (Å²) in [6, 6.07) is 7.62. The van der Waals surface area contributed by atoms with E-state index in [1.807, 2.05) is 12.1 Å². The topological polar surface area (TPSA) is 33.0 Å². The second kappa shape index (κ2) is 4.32. The molecule has 0 aliphatic carbocycles. The van der Waals surface area contributed by atoms with Gasteiger partial charge in [-0.05, 0) is 60.4 Å². The predicted octanol–water partition coefficient (Wildman–Crippen LogP) is 3.38. The van der Waals surface area contributed by atoms with Crippen molar-refractivity contribution in [3.05, 3.63) is 27.3 Å². The van der Waals surface area contributed by atoms with Gasteiger partial charge < -0.3 is 4.43 Å². The normalized spacial score (nSPS) is 10.8. The van der Waals surface area contributed by atoms with Gasteiger partial charge >= 0.3 is 0 Å². The van der Waals surface area contributed by atoms with Gasteiger partial charge in [-0.3, -0.25) is 0 Å². The maximum absolute atomic E-state index is 8.70. The first-order chi connectivity index (χ1) is 6.42. The first kappa shape index (κ1) is 11.5. The molecule has 0 radical (unpaired) electrons. The summed E-state index contributed by atoms with van der Waals surface area (Å²) in [7, 11) is -1.54. The first-order valence-electron chi connectivity index (χ1n) is 4.31. The highest BCUT2D eigenvalue weighted by molar-refractivity contribution is 14.1. The van der Waals surface area contributed by atoms with Crippen LogP contribution in [0.4, 0.5) is 0 Å². The first-order valence-corrected chi connectivity index (χ1v) is 8.80. The Kier molecular flexibility index (Phi) is 3.56. The van der Waals surface area contributed by atoms with Gasteiger partial charge in [0, 0.05) is 0 Å². The van der Waals surface area contributed by atoms with Crippen LogP contribution < -0.4 is 4.43 Å². The average Bonchev–Trinajstić information content (AvgIpc) is 2.06. The van der Waals surface area contributed by atoms with Gasteiger partial charge in [-0.1, -0.05) is 0 Å². The zero-order valence-electron chi connectivity index (χ0n) is 8.47. The molecular weight excluding hydrogens is 305 g/mol. The molecule has 1 aromatic rings. The van der Waals surface area contributed by atoms with Crippen LogP contribution in [0, 0.1) is 14.9 Å². The van der Waals surface area contributed by atoms with E-state index in [1.54, 1.807) is 6.07 Å². The van der Waals surface area contributed by atoms with E-state index in [0.717, 1.165) is 9.32 Å². The van der Waals surface area contributed by atoms with Crippen molar-refractivity contribution in [2.24, 2.45) is 0 Å². The van der Waals surface area contributed by atoms with Crippen molar-refractivity contribution < 1.29 is 4.43 Å². The largest absolute Gasteiger partial charge is 0.544 e. The van der Waals surface area contributed by atoms with E-state index in [1.165, 1.54) is 0 Å². The fourth-order valence-corrected chi connectivity index (χ4v) is 2.65. The van der Waals surface area contributed by atoms with E-state index in [9.17, 15) is 0 Å². The maximum Gasteiger partial charge on any atom is 0.242 e. The van der Waals surface area contributed by atoms with Gasteiger partial charge in [-0.2, -0.15) is 5.26 Å². The lowest BCUT2D eigenvalue weighted by molar-refractivity contribution is 0.553. The van der Waals surface area contributed by atoms with Crippen LogP contribution in [0.15, 0.2) is 18.2 Å². The fraction of sp³-hybridized carbons (Fsp3) is 0.300. The van der Waals surface area contributed by atoms with Gasteiger partial charge in [0.2, 0.25) is 8.32 Å². The van der Waals surface area contributed by atoms with Crippen molar-refractivity contribution in [1.82, 2.24) is 0 Å². The highest BCUT2D eigenvalue weighted by Crippen LogP contribution is 2.24. The number of nitriles is 1. The lowest BCUT2D eigenvalue weighted by Crippen LogP contribution is -2.29. The molecule has 14 heavy (non-hydrogen) atoms. The van der Waals surface area contributed by atoms with Gasteiger partial charge in [0.1, 0.15) is 5.75 Å². The molecule has 0 aliphatic heterocycles. The highest BCUT2D eigenvalue weighted by Gasteiger charge is 2.17. The number of halogens is 1. The Morgan fingerprint density at radius 2 is 2.00 bits per heavy atom. The molecule has 4 heteroatoms. The molecule has 2 nitrogen and oxygen atoms in total. The predicted molar refractivity (Wildman–Crippen MR) is 67.8 cm³/mol. The van der Waals surface area contributed by atoms with Crippen LogP contribution in [-0.4, -0.2) is 8.32 Å². The summed E-state index contributed by atoms with van der Waals surface area (Å²) in [4.78, 5) is 0. The van der Waals surface area contributed by atoms with Crippen LogP contribution in [0.25, 0.3) is 0 Å². The molecule has 0 aromatic heterocycles. The Morgan fingerprint density at radius 1 is 1.36 bits per heavy atom. The molecule has 0 bridgehead atoms. The summed E-state index contributed by atoms with van der Waals surface area (Å²) in [5.74, 6) is 0.892. The molecule has 0 heterocycles. The molecule has 0 saturated carbocycles. The van der Waals surface area contributed by atoms with Crippen LogP contribution >= 0.6 is 22.6 Å². The second-order valence-electron chi connectivity index (χ2n) is 3.97. The number of rotatable bonds is 2. The zero-order chi connectivity index (χ0) is 10.8. The lowest BCUT2D eigenvalue weighted by atomic mass is 10.2. The van der Waals surface area contributed by atoms with Crippen molar-refractivity contribution in [3.63, 3.8) is 0 Å². The Balaban J connectivity index is 2.97. The Bertz CT molecular complexity index is 379. The fourth-order valence-electron chi connectivity index (χ4n) is 0.983. The van der Waals surface area contributed by atoms with Crippen LogP contribution in [0.2, 0.25) is 19.6 Å². The molecule has 0 amide bonds. The lowest BCUT2D eigenvalue weighted by Gasteiger charge is -2.20. The molecule has 0 spiro atoms. The third kappa shape index (κ3) is 3.31. The summed E-state index contributed by atoms with van der Waals surface area (Å²) >= 11 is 2.20. The number of hydrogen-bond acceptors (Lipinski definition) is 2. The zero-order valence-corrected chi connectivity index (χ0v) is 11.6. The van der Waals surface area contributed by atoms with E-state index in [2.05, 4.69) is 48.3 Å². The van der Waals surface area contributed by atoms with Crippen molar-refractivity contribution in [2.75, 3.05) is 0 Å². The van der Waals surface area contributed by atoms with Crippen LogP contribution in [0.3, 0.4) is 0 Å². The smallest absolute Gasteiger partial charge is 0.242 e. The molecule has 0 unspecified atom stereocenters. The number of benzene rings is 1. The van der Waals surface area contributed by atoms with Gasteiger partial charge in [0.05, 0.1) is 15.2 Å². The van der Waals surface area contributed by atoms with Crippen molar-refractivity contribution in [2.45, 2.75) is 19.6 Å². The SMILES string of the molecule is C[Si](C)(C)Oc1ccc(C#N)cc1I. The minimum atomic E-state index is -1.54. The van der Waals surface area contributed by atoms with E-state index < -0.39 is 8.32 Å². The monoisotopic (exact) mass is 317 g/mol. The maximum atomic E-state index is 8.70. The summed E-state index contributed by atoms with van der Waals surface area (Å²) in [6.07, 6.45) is 0. The summed E-state index contributed by atoms with van der Waals surface area (Å²) in [6.45, 7) is 6.42. The van der Waals surface area contributed by atoms with Crippen molar-refractivity contribution in [1.29, 1.82) is 5.26 Å².